The highest BCUT2D eigenvalue weighted by Crippen LogP contribution is 2.51. The van der Waals surface area contributed by atoms with E-state index in [9.17, 15) is 0 Å². The molecule has 3 aromatic heterocycles. The fourth-order valence-corrected chi connectivity index (χ4v) is 10.7. The van der Waals surface area contributed by atoms with Gasteiger partial charge in [0.2, 0.25) is 5.95 Å². The predicted octanol–water partition coefficient (Wildman–Crippen LogP) is 14.4. The molecule has 59 heavy (non-hydrogen) atoms. The first kappa shape index (κ1) is 32.6. The van der Waals surface area contributed by atoms with E-state index >= 15 is 0 Å². The Kier molecular flexibility index (Phi) is 6.91. The minimum absolute atomic E-state index is 0.663. The lowest BCUT2D eigenvalue weighted by molar-refractivity contribution is 1.01. The molecular weight excluding hydrogens is 737 g/mol. The Hall–Kier alpha value is -7.47. The van der Waals surface area contributed by atoms with Crippen LogP contribution in [-0.2, 0) is 0 Å². The molecule has 13 rings (SSSR count). The van der Waals surface area contributed by atoms with Gasteiger partial charge >= 0.3 is 0 Å². The maximum Gasteiger partial charge on any atom is 0.235 e. The molecular formula is C54H32N4S. The maximum absolute atomic E-state index is 5.29. The van der Waals surface area contributed by atoms with Crippen molar-refractivity contribution in [3.63, 3.8) is 0 Å². The lowest BCUT2D eigenvalue weighted by Gasteiger charge is -2.21. The molecule has 1 aliphatic rings. The van der Waals surface area contributed by atoms with E-state index in [0.29, 0.717) is 5.95 Å². The average molecular weight is 769 g/mol. The van der Waals surface area contributed by atoms with Crippen LogP contribution < -0.4 is 0 Å². The number of hydrogen-bond acceptors (Lipinski definition) is 3. The van der Waals surface area contributed by atoms with Crippen LogP contribution in [0, 0.1) is 0 Å². The van der Waals surface area contributed by atoms with Crippen molar-refractivity contribution in [3.8, 4) is 45.1 Å². The van der Waals surface area contributed by atoms with E-state index in [-0.39, 0.29) is 0 Å². The van der Waals surface area contributed by atoms with Crippen LogP contribution in [0.25, 0.3) is 110 Å². The van der Waals surface area contributed by atoms with Crippen molar-refractivity contribution >= 4 is 77.0 Å². The second-order valence-electron chi connectivity index (χ2n) is 15.3. The molecule has 4 nitrogen and oxygen atoms in total. The first-order valence-electron chi connectivity index (χ1n) is 20.0. The van der Waals surface area contributed by atoms with Gasteiger partial charge in [0.1, 0.15) is 0 Å². The fraction of sp³-hybridized carbons (Fsp3) is 0. The standard InChI is InChI=1S/C54H32N4S/c1-3-14-33(15-4-1)53-39-20-7-10-22-44(39)55-54(56-53)58-45-23-11-8-18-37(45)41-30-34(26-28-46(41)58)35-27-29-47-43(31-35)51-40-21-13-25-50-52(40)42(38-19-9-12-24-49(38)59-50)32-48(51)57(47)36-16-5-2-6-17-36/h1-32H. The predicted molar refractivity (Wildman–Crippen MR) is 246 cm³/mol. The molecule has 0 saturated carbocycles. The van der Waals surface area contributed by atoms with Crippen molar-refractivity contribution in [1.29, 1.82) is 0 Å². The van der Waals surface area contributed by atoms with E-state index in [1.807, 2.05) is 23.9 Å². The van der Waals surface area contributed by atoms with Crippen molar-refractivity contribution in [3.05, 3.63) is 194 Å². The number of benzene rings is 9. The van der Waals surface area contributed by atoms with Gasteiger partial charge in [-0.25, -0.2) is 9.97 Å². The van der Waals surface area contributed by atoms with Gasteiger partial charge in [-0.05, 0) is 94.4 Å². The monoisotopic (exact) mass is 768 g/mol. The number of fused-ring (bicyclic) bond motifs is 10. The van der Waals surface area contributed by atoms with E-state index in [2.05, 4.69) is 191 Å². The zero-order chi connectivity index (χ0) is 38.6. The Morgan fingerprint density at radius 1 is 0.356 bits per heavy atom. The molecule has 0 unspecified atom stereocenters. The molecule has 0 bridgehead atoms. The Morgan fingerprint density at radius 3 is 1.85 bits per heavy atom. The van der Waals surface area contributed by atoms with Crippen LogP contribution in [0.2, 0.25) is 0 Å². The van der Waals surface area contributed by atoms with Gasteiger partial charge in [-0.15, -0.1) is 0 Å². The van der Waals surface area contributed by atoms with Crippen LogP contribution in [0.1, 0.15) is 0 Å². The Balaban J connectivity index is 1.05. The van der Waals surface area contributed by atoms with E-state index in [4.69, 9.17) is 9.97 Å². The molecule has 0 saturated heterocycles. The number of para-hydroxylation sites is 3. The zero-order valence-electron chi connectivity index (χ0n) is 31.7. The summed E-state index contributed by atoms with van der Waals surface area (Å²) in [6.07, 6.45) is 0. The first-order valence-corrected chi connectivity index (χ1v) is 20.8. The normalized spacial score (nSPS) is 12.3. The summed E-state index contributed by atoms with van der Waals surface area (Å²) in [6, 6.07) is 70.1. The quantitative estimate of drug-likeness (QED) is 0.179. The molecule has 0 radical (unpaired) electrons. The van der Waals surface area contributed by atoms with Crippen LogP contribution in [0.4, 0.5) is 0 Å². The molecule has 0 atom stereocenters. The highest BCUT2D eigenvalue weighted by Gasteiger charge is 2.25. The number of rotatable bonds is 4. The van der Waals surface area contributed by atoms with Crippen molar-refractivity contribution in [2.24, 2.45) is 0 Å². The molecule has 0 aliphatic carbocycles. The summed E-state index contributed by atoms with van der Waals surface area (Å²) in [7, 11) is 0. The minimum Gasteiger partial charge on any atom is -0.309 e. The van der Waals surface area contributed by atoms with Gasteiger partial charge in [0.05, 0.1) is 33.3 Å². The lowest BCUT2D eigenvalue weighted by Crippen LogP contribution is -2.03. The van der Waals surface area contributed by atoms with Crippen LogP contribution in [0.15, 0.2) is 204 Å². The van der Waals surface area contributed by atoms with Crippen molar-refractivity contribution in [1.82, 2.24) is 19.1 Å². The van der Waals surface area contributed by atoms with Gasteiger partial charge in [-0.1, -0.05) is 139 Å². The highest BCUT2D eigenvalue weighted by molar-refractivity contribution is 7.99. The third-order valence-electron chi connectivity index (χ3n) is 12.1. The van der Waals surface area contributed by atoms with E-state index < -0.39 is 0 Å². The van der Waals surface area contributed by atoms with Gasteiger partial charge < -0.3 is 4.57 Å². The summed E-state index contributed by atoms with van der Waals surface area (Å²) in [5.74, 6) is 0.663. The second kappa shape index (κ2) is 12.5. The highest BCUT2D eigenvalue weighted by atomic mass is 32.2. The smallest absolute Gasteiger partial charge is 0.235 e. The number of hydrogen-bond donors (Lipinski definition) is 0. The minimum atomic E-state index is 0.663. The van der Waals surface area contributed by atoms with E-state index in [0.717, 1.165) is 38.9 Å². The lowest BCUT2D eigenvalue weighted by atomic mass is 9.93. The molecule has 9 aromatic carbocycles. The van der Waals surface area contributed by atoms with Crippen LogP contribution in [-0.4, -0.2) is 19.1 Å². The molecule has 12 aromatic rings. The van der Waals surface area contributed by atoms with E-state index in [1.165, 1.54) is 75.4 Å². The van der Waals surface area contributed by atoms with Crippen LogP contribution in [0.5, 0.6) is 0 Å². The van der Waals surface area contributed by atoms with Gasteiger partial charge in [0, 0.05) is 53.4 Å². The molecule has 0 amide bonds. The van der Waals surface area contributed by atoms with Gasteiger partial charge in [0.15, 0.2) is 0 Å². The Labute approximate surface area is 343 Å². The summed E-state index contributed by atoms with van der Waals surface area (Å²) in [4.78, 5) is 13.1. The second-order valence-corrected chi connectivity index (χ2v) is 16.4. The number of nitrogens with zero attached hydrogens (tertiary/aromatic N) is 4. The maximum atomic E-state index is 5.29. The van der Waals surface area contributed by atoms with Crippen molar-refractivity contribution in [2.75, 3.05) is 0 Å². The Bertz CT molecular complexity index is 3700. The van der Waals surface area contributed by atoms with Gasteiger partial charge in [-0.2, -0.15) is 0 Å². The fourth-order valence-electron chi connectivity index (χ4n) is 9.53. The molecule has 0 N–H and O–H groups in total. The molecule has 4 heterocycles. The first-order chi connectivity index (χ1) is 29.3. The summed E-state index contributed by atoms with van der Waals surface area (Å²) in [5, 5.41) is 8.53. The third kappa shape index (κ3) is 4.80. The molecule has 0 spiro atoms. The van der Waals surface area contributed by atoms with Gasteiger partial charge in [0.25, 0.3) is 0 Å². The zero-order valence-corrected chi connectivity index (χ0v) is 32.5. The topological polar surface area (TPSA) is 35.6 Å². The molecule has 274 valence electrons. The van der Waals surface area contributed by atoms with Gasteiger partial charge in [-0.3, -0.25) is 4.57 Å². The Morgan fingerprint density at radius 2 is 1.00 bits per heavy atom. The molecule has 5 heteroatoms. The summed E-state index contributed by atoms with van der Waals surface area (Å²) in [5.41, 5.74) is 13.6. The average Bonchev–Trinajstić information content (AvgIpc) is 3.81. The summed E-state index contributed by atoms with van der Waals surface area (Å²) in [6.45, 7) is 0. The number of aromatic nitrogens is 4. The van der Waals surface area contributed by atoms with Crippen LogP contribution in [0.3, 0.4) is 0 Å². The SMILES string of the molecule is c1ccc(-c2nc(-n3c4ccccc4c4cc(-c5ccc6c(c5)c5c7cccc8c7c(cc5n6-c5ccccc5)-c5ccccc5S8)ccc43)nc3ccccc23)cc1. The largest absolute Gasteiger partial charge is 0.309 e. The van der Waals surface area contributed by atoms with E-state index in [1.54, 1.807) is 0 Å². The van der Waals surface area contributed by atoms with Crippen molar-refractivity contribution in [2.45, 2.75) is 9.79 Å². The van der Waals surface area contributed by atoms with Crippen molar-refractivity contribution < 1.29 is 0 Å². The molecule has 0 fully saturated rings. The third-order valence-corrected chi connectivity index (χ3v) is 13.2. The summed E-state index contributed by atoms with van der Waals surface area (Å²) < 4.78 is 4.68. The molecule has 1 aliphatic heterocycles. The summed E-state index contributed by atoms with van der Waals surface area (Å²) >= 11 is 1.88. The van der Waals surface area contributed by atoms with Crippen LogP contribution >= 0.6 is 11.8 Å².